The van der Waals surface area contributed by atoms with Crippen LogP contribution in [-0.2, 0) is 0 Å². The molecule has 1 aromatic heterocycles. The molecule has 3 N–H and O–H groups in total. The highest BCUT2D eigenvalue weighted by Crippen LogP contribution is 2.42. The molecule has 0 fully saturated rings. The van der Waals surface area contributed by atoms with Gasteiger partial charge in [0.25, 0.3) is 0 Å². The molecule has 4 nitrogen and oxygen atoms in total. The molecule has 0 spiro atoms. The van der Waals surface area contributed by atoms with Gasteiger partial charge in [0.05, 0.1) is 17.7 Å². The second-order valence-corrected chi connectivity index (χ2v) is 4.21. The quantitative estimate of drug-likeness (QED) is 0.759. The number of carbonyl (C=O) groups excluding carboxylic acids is 1. The SMILES string of the molecule is CCCNc1sc(C(C)=O)c(N)c1OC. The lowest BCUT2D eigenvalue weighted by atomic mass is 10.3. The Balaban J connectivity index is 3.04. The average Bonchev–Trinajstić information content (AvgIpc) is 2.52. The predicted molar refractivity (Wildman–Crippen MR) is 64.1 cm³/mol. The van der Waals surface area contributed by atoms with Crippen molar-refractivity contribution in [1.82, 2.24) is 0 Å². The molecule has 84 valence electrons. The fourth-order valence-corrected chi connectivity index (χ4v) is 2.26. The maximum absolute atomic E-state index is 11.3. The van der Waals surface area contributed by atoms with E-state index in [-0.39, 0.29) is 5.78 Å². The summed E-state index contributed by atoms with van der Waals surface area (Å²) in [5.74, 6) is 0.555. The van der Waals surface area contributed by atoms with Crippen molar-refractivity contribution >= 4 is 27.8 Å². The number of carbonyl (C=O) groups is 1. The Morgan fingerprint density at radius 3 is 2.73 bits per heavy atom. The first-order valence-electron chi connectivity index (χ1n) is 4.82. The summed E-state index contributed by atoms with van der Waals surface area (Å²) in [5.41, 5.74) is 6.25. The van der Waals surface area contributed by atoms with Crippen molar-refractivity contribution < 1.29 is 9.53 Å². The van der Waals surface area contributed by atoms with E-state index < -0.39 is 0 Å². The summed E-state index contributed by atoms with van der Waals surface area (Å²) in [4.78, 5) is 11.8. The summed E-state index contributed by atoms with van der Waals surface area (Å²) in [7, 11) is 1.56. The third kappa shape index (κ3) is 2.41. The van der Waals surface area contributed by atoms with Crippen molar-refractivity contribution in [2.24, 2.45) is 0 Å². The average molecular weight is 228 g/mol. The highest BCUT2D eigenvalue weighted by molar-refractivity contribution is 7.19. The van der Waals surface area contributed by atoms with Gasteiger partial charge in [-0.1, -0.05) is 6.92 Å². The zero-order chi connectivity index (χ0) is 11.4. The highest BCUT2D eigenvalue weighted by atomic mass is 32.1. The summed E-state index contributed by atoms with van der Waals surface area (Å²) in [5, 5.41) is 4.03. The summed E-state index contributed by atoms with van der Waals surface area (Å²) in [6.07, 6.45) is 1.01. The van der Waals surface area contributed by atoms with Gasteiger partial charge >= 0.3 is 0 Å². The van der Waals surface area contributed by atoms with Gasteiger partial charge in [-0.3, -0.25) is 4.79 Å². The molecule has 1 heterocycles. The standard InChI is InChI=1S/C10H16N2O2S/c1-4-5-12-10-8(14-3)7(11)9(15-10)6(2)13/h12H,4-5,11H2,1-3H3. The Bertz CT molecular complexity index is 361. The van der Waals surface area contributed by atoms with Crippen molar-refractivity contribution in [1.29, 1.82) is 0 Å². The third-order valence-corrected chi connectivity index (χ3v) is 3.20. The molecule has 5 heteroatoms. The van der Waals surface area contributed by atoms with Crippen molar-refractivity contribution in [2.45, 2.75) is 20.3 Å². The maximum atomic E-state index is 11.3. The van der Waals surface area contributed by atoms with Crippen LogP contribution in [0.1, 0.15) is 29.9 Å². The lowest BCUT2D eigenvalue weighted by molar-refractivity contribution is 0.102. The lowest BCUT2D eigenvalue weighted by Crippen LogP contribution is -2.00. The number of Topliss-reactive ketones (excluding diaryl/α,β-unsaturated/α-hetero) is 1. The number of anilines is 2. The van der Waals surface area contributed by atoms with Gasteiger partial charge < -0.3 is 15.8 Å². The smallest absolute Gasteiger partial charge is 0.176 e. The Labute approximate surface area is 93.4 Å². The fraction of sp³-hybridized carbons (Fsp3) is 0.500. The molecule has 0 unspecified atom stereocenters. The van der Waals surface area contributed by atoms with Crippen LogP contribution in [-0.4, -0.2) is 19.4 Å². The van der Waals surface area contributed by atoms with Gasteiger partial charge in [0.1, 0.15) is 5.00 Å². The molecular formula is C10H16N2O2S. The van der Waals surface area contributed by atoms with Gasteiger partial charge in [0, 0.05) is 13.5 Å². The van der Waals surface area contributed by atoms with Crippen LogP contribution in [0.25, 0.3) is 0 Å². The second-order valence-electron chi connectivity index (χ2n) is 3.19. The number of nitrogens with two attached hydrogens (primary N) is 1. The molecule has 1 aromatic rings. The number of ketones is 1. The first kappa shape index (κ1) is 11.8. The minimum atomic E-state index is -0.0275. The lowest BCUT2D eigenvalue weighted by Gasteiger charge is -2.04. The molecule has 0 bridgehead atoms. The largest absolute Gasteiger partial charge is 0.492 e. The number of nitrogens with one attached hydrogen (secondary N) is 1. The Hall–Kier alpha value is -1.23. The molecule has 15 heavy (non-hydrogen) atoms. The van der Waals surface area contributed by atoms with Crippen molar-refractivity contribution in [2.75, 3.05) is 24.7 Å². The van der Waals surface area contributed by atoms with Crippen LogP contribution >= 0.6 is 11.3 Å². The Kier molecular flexibility index (Phi) is 3.96. The van der Waals surface area contributed by atoms with Gasteiger partial charge in [-0.05, 0) is 6.42 Å². The number of hydrogen-bond acceptors (Lipinski definition) is 5. The molecule has 0 radical (unpaired) electrons. The number of hydrogen-bond donors (Lipinski definition) is 2. The number of rotatable bonds is 5. The van der Waals surface area contributed by atoms with Gasteiger partial charge in [0.2, 0.25) is 0 Å². The molecule has 0 amide bonds. The second kappa shape index (κ2) is 5.02. The van der Waals surface area contributed by atoms with Gasteiger partial charge in [-0.25, -0.2) is 0 Å². The van der Waals surface area contributed by atoms with E-state index in [1.54, 1.807) is 7.11 Å². The first-order chi connectivity index (χ1) is 7.11. The number of ether oxygens (including phenoxy) is 1. The van der Waals surface area contributed by atoms with Gasteiger partial charge in [-0.2, -0.15) is 0 Å². The minimum Gasteiger partial charge on any atom is -0.492 e. The van der Waals surface area contributed by atoms with E-state index in [4.69, 9.17) is 10.5 Å². The number of methoxy groups -OCH3 is 1. The fourth-order valence-electron chi connectivity index (χ4n) is 1.25. The molecule has 0 saturated heterocycles. The van der Waals surface area contributed by atoms with E-state index in [0.29, 0.717) is 16.3 Å². The monoisotopic (exact) mass is 228 g/mol. The van der Waals surface area contributed by atoms with Crippen LogP contribution in [0, 0.1) is 0 Å². The molecule has 0 aliphatic carbocycles. The zero-order valence-electron chi connectivity index (χ0n) is 9.22. The van der Waals surface area contributed by atoms with Crippen molar-refractivity contribution in [3.63, 3.8) is 0 Å². The van der Waals surface area contributed by atoms with E-state index >= 15 is 0 Å². The highest BCUT2D eigenvalue weighted by Gasteiger charge is 2.18. The van der Waals surface area contributed by atoms with E-state index in [9.17, 15) is 4.79 Å². The van der Waals surface area contributed by atoms with E-state index in [1.807, 2.05) is 0 Å². The molecule has 0 aliphatic rings. The van der Waals surface area contributed by atoms with Crippen molar-refractivity contribution in [3.8, 4) is 5.75 Å². The van der Waals surface area contributed by atoms with Crippen LogP contribution in [0.2, 0.25) is 0 Å². The van der Waals surface area contributed by atoms with Crippen LogP contribution in [0.15, 0.2) is 0 Å². The zero-order valence-corrected chi connectivity index (χ0v) is 10.0. The third-order valence-electron chi connectivity index (χ3n) is 1.96. The minimum absolute atomic E-state index is 0.0275. The van der Waals surface area contributed by atoms with Crippen LogP contribution in [0.4, 0.5) is 10.7 Å². The molecule has 0 atom stereocenters. The Morgan fingerprint density at radius 2 is 2.27 bits per heavy atom. The first-order valence-corrected chi connectivity index (χ1v) is 5.64. The predicted octanol–water partition coefficient (Wildman–Crippen LogP) is 2.36. The maximum Gasteiger partial charge on any atom is 0.176 e. The molecule has 0 aromatic carbocycles. The topological polar surface area (TPSA) is 64.4 Å². The van der Waals surface area contributed by atoms with E-state index in [2.05, 4.69) is 12.2 Å². The van der Waals surface area contributed by atoms with Crippen molar-refractivity contribution in [3.05, 3.63) is 4.88 Å². The molecular weight excluding hydrogens is 212 g/mol. The molecule has 0 aliphatic heterocycles. The summed E-state index contributed by atoms with van der Waals surface area (Å²) in [6.45, 7) is 4.42. The van der Waals surface area contributed by atoms with Crippen LogP contribution in [0.5, 0.6) is 5.75 Å². The number of nitrogen functional groups attached to an aromatic ring is 1. The summed E-state index contributed by atoms with van der Waals surface area (Å²) in [6, 6.07) is 0. The van der Waals surface area contributed by atoms with Crippen LogP contribution in [0.3, 0.4) is 0 Å². The molecule has 0 saturated carbocycles. The van der Waals surface area contributed by atoms with Gasteiger partial charge in [-0.15, -0.1) is 11.3 Å². The normalized spacial score (nSPS) is 10.1. The van der Waals surface area contributed by atoms with E-state index in [0.717, 1.165) is 18.0 Å². The summed E-state index contributed by atoms with van der Waals surface area (Å²) < 4.78 is 5.17. The summed E-state index contributed by atoms with van der Waals surface area (Å²) >= 11 is 1.35. The van der Waals surface area contributed by atoms with E-state index in [1.165, 1.54) is 18.3 Å². The van der Waals surface area contributed by atoms with Gasteiger partial charge in [0.15, 0.2) is 11.5 Å². The Morgan fingerprint density at radius 1 is 1.60 bits per heavy atom. The molecule has 1 rings (SSSR count). The number of thiophene rings is 1. The van der Waals surface area contributed by atoms with Crippen LogP contribution < -0.4 is 15.8 Å².